The summed E-state index contributed by atoms with van der Waals surface area (Å²) >= 11 is 6.11. The van der Waals surface area contributed by atoms with Crippen LogP contribution >= 0.6 is 11.6 Å². The van der Waals surface area contributed by atoms with Gasteiger partial charge in [-0.2, -0.15) is 4.68 Å². The SMILES string of the molecule is COc1ccc(NCc2nnnn2-c2ccccc2)cc1Cl. The van der Waals surface area contributed by atoms with Gasteiger partial charge in [-0.15, -0.1) is 5.10 Å². The molecule has 0 saturated carbocycles. The predicted molar refractivity (Wildman–Crippen MR) is 84.5 cm³/mol. The molecular formula is C15H14ClN5O. The Labute approximate surface area is 132 Å². The van der Waals surface area contributed by atoms with E-state index in [9.17, 15) is 0 Å². The van der Waals surface area contributed by atoms with Gasteiger partial charge in [-0.05, 0) is 40.8 Å². The molecule has 3 rings (SSSR count). The van der Waals surface area contributed by atoms with Crippen molar-refractivity contribution in [2.75, 3.05) is 12.4 Å². The summed E-state index contributed by atoms with van der Waals surface area (Å²) in [6.45, 7) is 0.477. The number of nitrogens with zero attached hydrogens (tertiary/aromatic N) is 4. The average Bonchev–Trinajstić information content (AvgIpc) is 3.02. The Bertz CT molecular complexity index is 760. The summed E-state index contributed by atoms with van der Waals surface area (Å²) in [5, 5.41) is 15.6. The van der Waals surface area contributed by atoms with E-state index in [2.05, 4.69) is 20.8 Å². The highest BCUT2D eigenvalue weighted by atomic mass is 35.5. The van der Waals surface area contributed by atoms with Crippen LogP contribution in [0.2, 0.25) is 5.02 Å². The van der Waals surface area contributed by atoms with Gasteiger partial charge in [-0.25, -0.2) is 0 Å². The molecule has 0 radical (unpaired) electrons. The zero-order chi connectivity index (χ0) is 15.4. The molecule has 1 heterocycles. The van der Waals surface area contributed by atoms with Crippen molar-refractivity contribution in [3.63, 3.8) is 0 Å². The van der Waals surface area contributed by atoms with Gasteiger partial charge >= 0.3 is 0 Å². The van der Waals surface area contributed by atoms with E-state index in [0.29, 0.717) is 23.1 Å². The molecule has 0 bridgehead atoms. The quantitative estimate of drug-likeness (QED) is 0.784. The Kier molecular flexibility index (Phi) is 4.20. The highest BCUT2D eigenvalue weighted by Gasteiger charge is 2.08. The zero-order valence-electron chi connectivity index (χ0n) is 11.9. The molecule has 0 saturated heterocycles. The van der Waals surface area contributed by atoms with E-state index in [1.54, 1.807) is 17.9 Å². The Balaban J connectivity index is 1.75. The van der Waals surface area contributed by atoms with Gasteiger partial charge in [-0.3, -0.25) is 0 Å². The molecule has 0 fully saturated rings. The monoisotopic (exact) mass is 315 g/mol. The molecule has 7 heteroatoms. The second-order valence-electron chi connectivity index (χ2n) is 4.55. The minimum absolute atomic E-state index is 0.477. The lowest BCUT2D eigenvalue weighted by atomic mass is 10.3. The minimum Gasteiger partial charge on any atom is -0.495 e. The fourth-order valence-electron chi connectivity index (χ4n) is 2.04. The maximum Gasteiger partial charge on any atom is 0.175 e. The molecule has 0 amide bonds. The number of rotatable bonds is 5. The molecule has 112 valence electrons. The number of anilines is 1. The molecule has 3 aromatic rings. The predicted octanol–water partition coefficient (Wildman–Crippen LogP) is 2.94. The summed E-state index contributed by atoms with van der Waals surface area (Å²) in [6, 6.07) is 15.2. The van der Waals surface area contributed by atoms with Crippen LogP contribution in [0.15, 0.2) is 48.5 Å². The first-order valence-corrected chi connectivity index (χ1v) is 7.06. The second-order valence-corrected chi connectivity index (χ2v) is 4.95. The number of ether oxygens (including phenoxy) is 1. The molecule has 0 aliphatic rings. The topological polar surface area (TPSA) is 64.9 Å². The standard InChI is InChI=1S/C15H14ClN5O/c1-22-14-8-7-11(9-13(14)16)17-10-15-18-19-20-21(15)12-5-3-2-4-6-12/h2-9,17H,10H2,1H3. The maximum atomic E-state index is 6.11. The number of methoxy groups -OCH3 is 1. The summed E-state index contributed by atoms with van der Waals surface area (Å²) in [4.78, 5) is 0. The number of para-hydroxylation sites is 1. The van der Waals surface area contributed by atoms with Gasteiger partial charge < -0.3 is 10.1 Å². The molecule has 0 spiro atoms. The van der Waals surface area contributed by atoms with Crippen molar-refractivity contribution >= 4 is 17.3 Å². The second kappa shape index (κ2) is 6.44. The smallest absolute Gasteiger partial charge is 0.175 e. The lowest BCUT2D eigenvalue weighted by molar-refractivity contribution is 0.415. The van der Waals surface area contributed by atoms with Gasteiger partial charge in [0.15, 0.2) is 5.82 Å². The van der Waals surface area contributed by atoms with Crippen molar-refractivity contribution in [2.45, 2.75) is 6.54 Å². The van der Waals surface area contributed by atoms with Gasteiger partial charge in [-0.1, -0.05) is 29.8 Å². The lowest BCUT2D eigenvalue weighted by Gasteiger charge is -2.09. The van der Waals surface area contributed by atoms with Crippen LogP contribution in [0.1, 0.15) is 5.82 Å². The summed E-state index contributed by atoms with van der Waals surface area (Å²) in [6.07, 6.45) is 0. The van der Waals surface area contributed by atoms with Crippen LogP contribution < -0.4 is 10.1 Å². The first-order valence-electron chi connectivity index (χ1n) is 6.68. The first kappa shape index (κ1) is 14.3. The van der Waals surface area contributed by atoms with E-state index < -0.39 is 0 Å². The van der Waals surface area contributed by atoms with Crippen LogP contribution in [0.4, 0.5) is 5.69 Å². The lowest BCUT2D eigenvalue weighted by Crippen LogP contribution is -2.08. The normalized spacial score (nSPS) is 10.5. The maximum absolute atomic E-state index is 6.11. The number of nitrogens with one attached hydrogen (secondary N) is 1. The van der Waals surface area contributed by atoms with Crippen molar-refractivity contribution in [1.29, 1.82) is 0 Å². The van der Waals surface area contributed by atoms with Crippen molar-refractivity contribution in [3.8, 4) is 11.4 Å². The van der Waals surface area contributed by atoms with Crippen molar-refractivity contribution < 1.29 is 4.74 Å². The zero-order valence-corrected chi connectivity index (χ0v) is 12.7. The number of benzene rings is 2. The molecule has 0 atom stereocenters. The molecule has 0 aliphatic heterocycles. The van der Waals surface area contributed by atoms with Gasteiger partial charge in [0.05, 0.1) is 24.4 Å². The van der Waals surface area contributed by atoms with Crippen LogP contribution in [-0.2, 0) is 6.54 Å². The summed E-state index contributed by atoms with van der Waals surface area (Å²) < 4.78 is 6.82. The number of halogens is 1. The molecular weight excluding hydrogens is 302 g/mol. The number of hydrogen-bond acceptors (Lipinski definition) is 5. The molecule has 1 N–H and O–H groups in total. The van der Waals surface area contributed by atoms with Crippen LogP contribution in [0, 0.1) is 0 Å². The molecule has 1 aromatic heterocycles. The Morgan fingerprint density at radius 1 is 1.18 bits per heavy atom. The van der Waals surface area contributed by atoms with E-state index in [1.807, 2.05) is 42.5 Å². The summed E-state index contributed by atoms with van der Waals surface area (Å²) in [5.41, 5.74) is 1.78. The molecule has 6 nitrogen and oxygen atoms in total. The van der Waals surface area contributed by atoms with Crippen LogP contribution in [-0.4, -0.2) is 27.3 Å². The van der Waals surface area contributed by atoms with E-state index in [0.717, 1.165) is 11.4 Å². The highest BCUT2D eigenvalue weighted by Crippen LogP contribution is 2.27. The van der Waals surface area contributed by atoms with Gasteiger partial charge in [0.25, 0.3) is 0 Å². The third-order valence-electron chi connectivity index (χ3n) is 3.14. The third kappa shape index (κ3) is 3.01. The largest absolute Gasteiger partial charge is 0.495 e. The van der Waals surface area contributed by atoms with Crippen LogP contribution in [0.3, 0.4) is 0 Å². The van der Waals surface area contributed by atoms with Crippen molar-refractivity contribution in [2.24, 2.45) is 0 Å². The Hall–Kier alpha value is -2.60. The summed E-state index contributed by atoms with van der Waals surface area (Å²) in [7, 11) is 1.59. The fraction of sp³-hybridized carbons (Fsp3) is 0.133. The molecule has 0 unspecified atom stereocenters. The van der Waals surface area contributed by atoms with E-state index in [-0.39, 0.29) is 0 Å². The third-order valence-corrected chi connectivity index (χ3v) is 3.43. The number of hydrogen-bond donors (Lipinski definition) is 1. The van der Waals surface area contributed by atoms with Crippen molar-refractivity contribution in [3.05, 3.63) is 59.4 Å². The van der Waals surface area contributed by atoms with Crippen molar-refractivity contribution in [1.82, 2.24) is 20.2 Å². The van der Waals surface area contributed by atoms with Gasteiger partial charge in [0.1, 0.15) is 5.75 Å². The molecule has 0 aliphatic carbocycles. The van der Waals surface area contributed by atoms with Crippen LogP contribution in [0.25, 0.3) is 5.69 Å². The number of aromatic nitrogens is 4. The van der Waals surface area contributed by atoms with E-state index >= 15 is 0 Å². The number of tetrazole rings is 1. The first-order chi connectivity index (χ1) is 10.8. The fourth-order valence-corrected chi connectivity index (χ4v) is 2.30. The molecule has 2 aromatic carbocycles. The minimum atomic E-state index is 0.477. The van der Waals surface area contributed by atoms with Gasteiger partial charge in [0.2, 0.25) is 0 Å². The molecule has 22 heavy (non-hydrogen) atoms. The Morgan fingerprint density at radius 2 is 2.00 bits per heavy atom. The van der Waals surface area contributed by atoms with Crippen LogP contribution in [0.5, 0.6) is 5.75 Å². The van der Waals surface area contributed by atoms with E-state index in [1.165, 1.54) is 0 Å². The van der Waals surface area contributed by atoms with Gasteiger partial charge in [0, 0.05) is 5.69 Å². The average molecular weight is 316 g/mol. The Morgan fingerprint density at radius 3 is 2.73 bits per heavy atom. The highest BCUT2D eigenvalue weighted by molar-refractivity contribution is 6.32. The van der Waals surface area contributed by atoms with E-state index in [4.69, 9.17) is 16.3 Å². The summed E-state index contributed by atoms with van der Waals surface area (Å²) in [5.74, 6) is 1.35.